The van der Waals surface area contributed by atoms with Gasteiger partial charge in [-0.2, -0.15) is 4.99 Å². The Morgan fingerprint density at radius 3 is 2.12 bits per heavy atom. The predicted octanol–water partition coefficient (Wildman–Crippen LogP) is 0.994. The van der Waals surface area contributed by atoms with Gasteiger partial charge in [-0.25, -0.2) is 4.79 Å². The van der Waals surface area contributed by atoms with Crippen LogP contribution in [-0.4, -0.2) is 58.5 Å². The molecule has 172 valence electrons. The van der Waals surface area contributed by atoms with E-state index in [0.717, 1.165) is 5.56 Å². The van der Waals surface area contributed by atoms with Crippen LogP contribution >= 0.6 is 0 Å². The van der Waals surface area contributed by atoms with Crippen LogP contribution in [0.4, 0.5) is 0 Å². The third-order valence-electron chi connectivity index (χ3n) is 5.64. The second kappa shape index (κ2) is 10.6. The molecule has 2 aromatic rings. The zero-order valence-corrected chi connectivity index (χ0v) is 18.0. The number of nitrogens with two attached hydrogens (primary N) is 2. The molecule has 1 saturated heterocycles. The van der Waals surface area contributed by atoms with Gasteiger partial charge in [0.1, 0.15) is 5.84 Å². The molecular weight excluding hydrogens is 424 g/mol. The first kappa shape index (κ1) is 23.8. The standard InChI is InChI=1S/C24H26N4O5/c25-19(14-15-4-2-1-3-5-15)22(30)27-21(26)17-6-8-18(9-7-17)23(31)28-12-10-16(11-13-28)20(29)24(32)33/h1-9,16,19H,10-14,25H2,(H,32,33)(H2,26,27,30)/t19-/m0/s1. The number of nitrogens with zero attached hydrogens (tertiary/aromatic N) is 2. The molecule has 0 spiro atoms. The smallest absolute Gasteiger partial charge is 0.372 e. The molecule has 0 unspecified atom stereocenters. The topological polar surface area (TPSA) is 156 Å². The summed E-state index contributed by atoms with van der Waals surface area (Å²) < 4.78 is 0. The van der Waals surface area contributed by atoms with Gasteiger partial charge in [0, 0.05) is 30.1 Å². The Balaban J connectivity index is 1.59. The molecule has 1 aliphatic heterocycles. The van der Waals surface area contributed by atoms with E-state index in [2.05, 4.69) is 4.99 Å². The predicted molar refractivity (Wildman–Crippen MR) is 122 cm³/mol. The van der Waals surface area contributed by atoms with Gasteiger partial charge in [-0.3, -0.25) is 14.4 Å². The maximum absolute atomic E-state index is 12.7. The number of benzene rings is 2. The average molecular weight is 450 g/mol. The number of carbonyl (C=O) groups excluding carboxylic acids is 3. The van der Waals surface area contributed by atoms with E-state index < -0.39 is 29.6 Å². The van der Waals surface area contributed by atoms with Crippen molar-refractivity contribution in [3.63, 3.8) is 0 Å². The molecule has 1 heterocycles. The highest BCUT2D eigenvalue weighted by molar-refractivity contribution is 6.33. The molecule has 9 nitrogen and oxygen atoms in total. The normalized spacial score (nSPS) is 15.7. The van der Waals surface area contributed by atoms with Crippen molar-refractivity contribution in [3.8, 4) is 0 Å². The lowest BCUT2D eigenvalue weighted by molar-refractivity contribution is -0.151. The molecule has 0 saturated carbocycles. The number of ketones is 1. The fourth-order valence-electron chi connectivity index (χ4n) is 3.71. The second-order valence-electron chi connectivity index (χ2n) is 7.94. The average Bonchev–Trinajstić information content (AvgIpc) is 2.83. The summed E-state index contributed by atoms with van der Waals surface area (Å²) in [6.45, 7) is 0.614. The first-order chi connectivity index (χ1) is 15.8. The van der Waals surface area contributed by atoms with Gasteiger partial charge >= 0.3 is 5.97 Å². The van der Waals surface area contributed by atoms with Crippen LogP contribution in [0.15, 0.2) is 59.6 Å². The van der Waals surface area contributed by atoms with Crippen LogP contribution in [0.2, 0.25) is 0 Å². The second-order valence-corrected chi connectivity index (χ2v) is 7.94. The number of rotatable bonds is 7. The van der Waals surface area contributed by atoms with Crippen LogP contribution in [-0.2, 0) is 20.8 Å². The van der Waals surface area contributed by atoms with E-state index in [4.69, 9.17) is 16.6 Å². The number of aliphatic carboxylic acids is 1. The van der Waals surface area contributed by atoms with Crippen molar-refractivity contribution in [1.29, 1.82) is 0 Å². The highest BCUT2D eigenvalue weighted by Gasteiger charge is 2.31. The molecule has 3 rings (SSSR count). The monoisotopic (exact) mass is 450 g/mol. The molecule has 33 heavy (non-hydrogen) atoms. The van der Waals surface area contributed by atoms with Gasteiger partial charge < -0.3 is 21.5 Å². The zero-order chi connectivity index (χ0) is 24.0. The number of likely N-dealkylation sites (tertiary alicyclic amines) is 1. The maximum Gasteiger partial charge on any atom is 0.372 e. The number of piperidine rings is 1. The molecular formula is C24H26N4O5. The zero-order valence-electron chi connectivity index (χ0n) is 18.0. The largest absolute Gasteiger partial charge is 0.475 e. The summed E-state index contributed by atoms with van der Waals surface area (Å²) >= 11 is 0. The van der Waals surface area contributed by atoms with E-state index in [9.17, 15) is 19.2 Å². The Kier molecular flexibility index (Phi) is 7.68. The Morgan fingerprint density at radius 2 is 1.55 bits per heavy atom. The van der Waals surface area contributed by atoms with Crippen molar-refractivity contribution < 1.29 is 24.3 Å². The SMILES string of the molecule is NC(=NC(=O)[C@@H](N)Cc1ccccc1)c1ccc(C(=O)N2CCC(C(=O)C(=O)O)CC2)cc1. The number of amides is 2. The van der Waals surface area contributed by atoms with Crippen LogP contribution in [0.3, 0.4) is 0 Å². The van der Waals surface area contributed by atoms with E-state index in [1.165, 1.54) is 0 Å². The van der Waals surface area contributed by atoms with E-state index in [-0.39, 0.29) is 11.7 Å². The summed E-state index contributed by atoms with van der Waals surface area (Å²) in [5, 5.41) is 8.83. The molecule has 1 fully saturated rings. The van der Waals surface area contributed by atoms with E-state index in [1.807, 2.05) is 30.3 Å². The van der Waals surface area contributed by atoms with Gasteiger partial charge in [0.25, 0.3) is 11.8 Å². The number of Topliss-reactive ketones (excluding diaryl/α,β-unsaturated/α-hetero) is 1. The number of carboxylic acid groups (broad SMARTS) is 1. The highest BCUT2D eigenvalue weighted by atomic mass is 16.4. The summed E-state index contributed by atoms with van der Waals surface area (Å²) in [6.07, 6.45) is 0.985. The minimum absolute atomic E-state index is 0.00973. The molecule has 0 bridgehead atoms. The number of aliphatic imine (C=N–C) groups is 1. The van der Waals surface area contributed by atoms with Crippen LogP contribution in [0.1, 0.15) is 34.3 Å². The Bertz CT molecular complexity index is 1060. The van der Waals surface area contributed by atoms with Crippen LogP contribution in [0.5, 0.6) is 0 Å². The van der Waals surface area contributed by atoms with E-state index >= 15 is 0 Å². The molecule has 1 aliphatic rings. The van der Waals surface area contributed by atoms with Crippen LogP contribution in [0, 0.1) is 5.92 Å². The number of carboxylic acids is 1. The van der Waals surface area contributed by atoms with Gasteiger partial charge in [-0.15, -0.1) is 0 Å². The Labute approximate surface area is 191 Å². The summed E-state index contributed by atoms with van der Waals surface area (Å²) in [6, 6.07) is 14.9. The number of hydrogen-bond donors (Lipinski definition) is 3. The third kappa shape index (κ3) is 6.11. The van der Waals surface area contributed by atoms with Gasteiger partial charge in [-0.1, -0.05) is 42.5 Å². The highest BCUT2D eigenvalue weighted by Crippen LogP contribution is 2.20. The van der Waals surface area contributed by atoms with Gasteiger partial charge in [0.15, 0.2) is 0 Å². The fraction of sp³-hybridized carbons (Fsp3) is 0.292. The van der Waals surface area contributed by atoms with Crippen molar-refractivity contribution in [2.45, 2.75) is 25.3 Å². The van der Waals surface area contributed by atoms with E-state index in [0.29, 0.717) is 43.5 Å². The molecule has 0 radical (unpaired) electrons. The van der Waals surface area contributed by atoms with Gasteiger partial charge in [-0.05, 0) is 37.0 Å². The quantitative estimate of drug-likeness (QED) is 0.323. The number of amidine groups is 1. The lowest BCUT2D eigenvalue weighted by Crippen LogP contribution is -2.41. The molecule has 0 aromatic heterocycles. The van der Waals surface area contributed by atoms with Gasteiger partial charge in [0.2, 0.25) is 5.78 Å². The first-order valence-corrected chi connectivity index (χ1v) is 10.6. The first-order valence-electron chi connectivity index (χ1n) is 10.6. The van der Waals surface area contributed by atoms with Crippen molar-refractivity contribution >= 4 is 29.4 Å². The molecule has 5 N–H and O–H groups in total. The molecule has 2 aromatic carbocycles. The molecule has 1 atom stereocenters. The molecule has 0 aliphatic carbocycles. The minimum atomic E-state index is -1.44. The third-order valence-corrected chi connectivity index (χ3v) is 5.64. The van der Waals surface area contributed by atoms with Gasteiger partial charge in [0.05, 0.1) is 6.04 Å². The number of hydrogen-bond acceptors (Lipinski definition) is 5. The molecule has 2 amide bonds. The maximum atomic E-state index is 12.7. The lowest BCUT2D eigenvalue weighted by atomic mass is 9.92. The van der Waals surface area contributed by atoms with Crippen molar-refractivity contribution in [2.75, 3.05) is 13.1 Å². The molecule has 9 heteroatoms. The van der Waals surface area contributed by atoms with Crippen molar-refractivity contribution in [1.82, 2.24) is 4.90 Å². The van der Waals surface area contributed by atoms with Crippen LogP contribution in [0.25, 0.3) is 0 Å². The lowest BCUT2D eigenvalue weighted by Gasteiger charge is -2.30. The summed E-state index contributed by atoms with van der Waals surface area (Å²) in [7, 11) is 0. The Morgan fingerprint density at radius 1 is 0.970 bits per heavy atom. The summed E-state index contributed by atoms with van der Waals surface area (Å²) in [5.74, 6) is -3.55. The fourth-order valence-corrected chi connectivity index (χ4v) is 3.71. The number of carbonyl (C=O) groups is 4. The summed E-state index contributed by atoms with van der Waals surface area (Å²) in [4.78, 5) is 53.0. The summed E-state index contributed by atoms with van der Waals surface area (Å²) in [5.41, 5.74) is 13.7. The van der Waals surface area contributed by atoms with Crippen LogP contribution < -0.4 is 11.5 Å². The Hall–Kier alpha value is -3.85. The van der Waals surface area contributed by atoms with Crippen molar-refractivity contribution in [2.24, 2.45) is 22.4 Å². The van der Waals surface area contributed by atoms with Crippen molar-refractivity contribution in [3.05, 3.63) is 71.3 Å². The van der Waals surface area contributed by atoms with E-state index in [1.54, 1.807) is 29.2 Å². The minimum Gasteiger partial charge on any atom is -0.475 e.